The number of nitrogens with zero attached hydrogens (tertiary/aromatic N) is 1. The van der Waals surface area contributed by atoms with Crippen LogP contribution in [0.5, 0.6) is 0 Å². The summed E-state index contributed by atoms with van der Waals surface area (Å²) >= 11 is 0. The van der Waals surface area contributed by atoms with E-state index < -0.39 is 10.0 Å². The summed E-state index contributed by atoms with van der Waals surface area (Å²) in [6.45, 7) is 1.94. The maximum Gasteiger partial charge on any atom is 0.236 e. The van der Waals surface area contributed by atoms with Crippen LogP contribution < -0.4 is 4.72 Å². The molecule has 2 aromatic carbocycles. The third kappa shape index (κ3) is 3.84. The van der Waals surface area contributed by atoms with E-state index in [1.165, 1.54) is 0 Å². The van der Waals surface area contributed by atoms with E-state index in [0.717, 1.165) is 5.56 Å². The largest absolute Gasteiger partial charge is 0.283 e. The Morgan fingerprint density at radius 1 is 1.05 bits per heavy atom. The predicted molar refractivity (Wildman–Crippen MR) is 78.6 cm³/mol. The van der Waals surface area contributed by atoms with Crippen molar-refractivity contribution in [3.8, 4) is 6.07 Å². The molecule has 0 fully saturated rings. The molecule has 2 aromatic rings. The van der Waals surface area contributed by atoms with Crippen LogP contribution in [0.2, 0.25) is 0 Å². The summed E-state index contributed by atoms with van der Waals surface area (Å²) in [5.74, 6) is -0.118. The molecule has 0 aliphatic carbocycles. The molecule has 0 radical (unpaired) electrons. The Morgan fingerprint density at radius 3 is 2.20 bits per heavy atom. The Hall–Kier alpha value is -2.32. The molecule has 0 bridgehead atoms. The number of sulfonamides is 1. The summed E-state index contributed by atoms with van der Waals surface area (Å²) in [5.41, 5.74) is 2.77. The van der Waals surface area contributed by atoms with Crippen molar-refractivity contribution >= 4 is 15.7 Å². The number of hydrogen-bond acceptors (Lipinski definition) is 3. The van der Waals surface area contributed by atoms with Crippen LogP contribution in [0.1, 0.15) is 16.7 Å². The average molecular weight is 286 g/mol. The zero-order valence-corrected chi connectivity index (χ0v) is 11.8. The molecular formula is C15H14N2O2S. The highest BCUT2D eigenvalue weighted by molar-refractivity contribution is 7.91. The van der Waals surface area contributed by atoms with Crippen LogP contribution in [0.3, 0.4) is 0 Å². The van der Waals surface area contributed by atoms with Gasteiger partial charge in [0.1, 0.15) is 0 Å². The number of rotatable bonds is 4. The second-order valence-electron chi connectivity index (χ2n) is 4.54. The van der Waals surface area contributed by atoms with Crippen LogP contribution >= 0.6 is 0 Å². The highest BCUT2D eigenvalue weighted by atomic mass is 32.2. The Labute approximate surface area is 118 Å². The fraction of sp³-hybridized carbons (Fsp3) is 0.133. The van der Waals surface area contributed by atoms with Crippen LogP contribution in [0.15, 0.2) is 48.5 Å². The SMILES string of the molecule is Cc1ccc(NS(=O)(=O)Cc2ccc(C#N)cc2)cc1. The molecule has 0 aliphatic heterocycles. The minimum absolute atomic E-state index is 0.118. The van der Waals surface area contributed by atoms with E-state index in [9.17, 15) is 8.42 Å². The summed E-state index contributed by atoms with van der Waals surface area (Å²) in [6, 6.07) is 15.7. The molecule has 0 saturated heterocycles. The number of nitriles is 1. The molecule has 4 nitrogen and oxygen atoms in total. The molecule has 0 aromatic heterocycles. The van der Waals surface area contributed by atoms with Crippen molar-refractivity contribution in [3.05, 3.63) is 65.2 Å². The zero-order chi connectivity index (χ0) is 14.6. The van der Waals surface area contributed by atoms with Gasteiger partial charge < -0.3 is 0 Å². The topological polar surface area (TPSA) is 70.0 Å². The third-order valence-electron chi connectivity index (χ3n) is 2.76. The van der Waals surface area contributed by atoms with Gasteiger partial charge in [0.05, 0.1) is 17.4 Å². The maximum atomic E-state index is 12.0. The number of benzene rings is 2. The lowest BCUT2D eigenvalue weighted by Crippen LogP contribution is -2.15. The van der Waals surface area contributed by atoms with E-state index in [0.29, 0.717) is 16.8 Å². The van der Waals surface area contributed by atoms with Crippen molar-refractivity contribution in [3.63, 3.8) is 0 Å². The van der Waals surface area contributed by atoms with Crippen molar-refractivity contribution in [2.75, 3.05) is 4.72 Å². The molecular weight excluding hydrogens is 272 g/mol. The van der Waals surface area contributed by atoms with Crippen LogP contribution in [-0.2, 0) is 15.8 Å². The molecule has 0 aliphatic rings. The van der Waals surface area contributed by atoms with E-state index in [-0.39, 0.29) is 5.75 Å². The summed E-state index contributed by atoms with van der Waals surface area (Å²) < 4.78 is 26.6. The first-order valence-corrected chi connectivity index (χ1v) is 7.70. The quantitative estimate of drug-likeness (QED) is 0.939. The Kier molecular flexibility index (Phi) is 4.06. The first kappa shape index (κ1) is 14.1. The molecule has 0 saturated carbocycles. The highest BCUT2D eigenvalue weighted by Gasteiger charge is 2.11. The maximum absolute atomic E-state index is 12.0. The van der Waals surface area contributed by atoms with Gasteiger partial charge in [-0.15, -0.1) is 0 Å². The third-order valence-corrected chi connectivity index (χ3v) is 4.02. The second-order valence-corrected chi connectivity index (χ2v) is 6.26. The van der Waals surface area contributed by atoms with Gasteiger partial charge in [-0.1, -0.05) is 29.8 Å². The van der Waals surface area contributed by atoms with E-state index in [4.69, 9.17) is 5.26 Å². The van der Waals surface area contributed by atoms with Gasteiger partial charge in [-0.05, 0) is 36.8 Å². The number of aryl methyl sites for hydroxylation is 1. The summed E-state index contributed by atoms with van der Waals surface area (Å²) in [6.07, 6.45) is 0. The predicted octanol–water partition coefficient (Wildman–Crippen LogP) is 2.81. The number of nitrogens with one attached hydrogen (secondary N) is 1. The van der Waals surface area contributed by atoms with Gasteiger partial charge in [-0.2, -0.15) is 5.26 Å². The van der Waals surface area contributed by atoms with Crippen molar-refractivity contribution in [1.82, 2.24) is 0 Å². The molecule has 0 unspecified atom stereocenters. The smallest absolute Gasteiger partial charge is 0.236 e. The van der Waals surface area contributed by atoms with Gasteiger partial charge >= 0.3 is 0 Å². The molecule has 1 N–H and O–H groups in total. The van der Waals surface area contributed by atoms with Gasteiger partial charge in [-0.3, -0.25) is 4.72 Å². The lowest BCUT2D eigenvalue weighted by Gasteiger charge is -2.08. The number of anilines is 1. The van der Waals surface area contributed by atoms with Gasteiger partial charge in [-0.25, -0.2) is 8.42 Å². The Balaban J connectivity index is 2.10. The van der Waals surface area contributed by atoms with E-state index in [1.807, 2.05) is 25.1 Å². The summed E-state index contributed by atoms with van der Waals surface area (Å²) in [5, 5.41) is 8.70. The number of hydrogen-bond donors (Lipinski definition) is 1. The monoisotopic (exact) mass is 286 g/mol. The van der Waals surface area contributed by atoms with E-state index in [2.05, 4.69) is 4.72 Å². The van der Waals surface area contributed by atoms with Gasteiger partial charge in [0.15, 0.2) is 0 Å². The summed E-state index contributed by atoms with van der Waals surface area (Å²) in [7, 11) is -3.45. The zero-order valence-electron chi connectivity index (χ0n) is 11.0. The van der Waals surface area contributed by atoms with Crippen LogP contribution in [0, 0.1) is 18.3 Å². The highest BCUT2D eigenvalue weighted by Crippen LogP contribution is 2.14. The van der Waals surface area contributed by atoms with Gasteiger partial charge in [0.2, 0.25) is 10.0 Å². The first-order chi connectivity index (χ1) is 9.48. The normalized spacial score (nSPS) is 10.8. The van der Waals surface area contributed by atoms with Crippen molar-refractivity contribution in [1.29, 1.82) is 5.26 Å². The van der Waals surface area contributed by atoms with Crippen molar-refractivity contribution in [2.24, 2.45) is 0 Å². The Morgan fingerprint density at radius 2 is 1.65 bits per heavy atom. The van der Waals surface area contributed by atoms with Crippen LogP contribution in [0.25, 0.3) is 0 Å². The van der Waals surface area contributed by atoms with E-state index in [1.54, 1.807) is 36.4 Å². The standard InChI is InChI=1S/C15H14N2O2S/c1-12-2-8-15(9-3-12)17-20(18,19)11-14-6-4-13(10-16)5-7-14/h2-9,17H,11H2,1H3. The molecule has 5 heteroatoms. The average Bonchev–Trinajstić information content (AvgIpc) is 2.41. The molecule has 102 valence electrons. The van der Waals surface area contributed by atoms with Crippen LogP contribution in [0.4, 0.5) is 5.69 Å². The first-order valence-electron chi connectivity index (χ1n) is 6.05. The van der Waals surface area contributed by atoms with E-state index >= 15 is 0 Å². The molecule has 20 heavy (non-hydrogen) atoms. The van der Waals surface area contributed by atoms with Crippen molar-refractivity contribution < 1.29 is 8.42 Å². The lowest BCUT2D eigenvalue weighted by molar-refractivity contribution is 0.600. The lowest BCUT2D eigenvalue weighted by atomic mass is 10.2. The minimum Gasteiger partial charge on any atom is -0.283 e. The van der Waals surface area contributed by atoms with Crippen LogP contribution in [-0.4, -0.2) is 8.42 Å². The second kappa shape index (κ2) is 5.76. The molecule has 0 heterocycles. The Bertz CT molecular complexity index is 727. The molecule has 0 amide bonds. The van der Waals surface area contributed by atoms with Gasteiger partial charge in [0.25, 0.3) is 0 Å². The van der Waals surface area contributed by atoms with Crippen molar-refractivity contribution in [2.45, 2.75) is 12.7 Å². The molecule has 0 atom stereocenters. The minimum atomic E-state index is -3.45. The van der Waals surface area contributed by atoms with Gasteiger partial charge in [0, 0.05) is 5.69 Å². The molecule has 0 spiro atoms. The molecule has 2 rings (SSSR count). The fourth-order valence-electron chi connectivity index (χ4n) is 1.73. The summed E-state index contributed by atoms with van der Waals surface area (Å²) in [4.78, 5) is 0. The fourth-order valence-corrected chi connectivity index (χ4v) is 2.93.